The van der Waals surface area contributed by atoms with Crippen LogP contribution in [0.1, 0.15) is 24.5 Å². The van der Waals surface area contributed by atoms with Crippen molar-refractivity contribution in [2.24, 2.45) is 5.14 Å². The van der Waals surface area contributed by atoms with Gasteiger partial charge in [-0.25, -0.2) is 13.6 Å². The molecule has 2 aromatic rings. The molecule has 0 radical (unpaired) electrons. The van der Waals surface area contributed by atoms with Gasteiger partial charge in [0.25, 0.3) is 0 Å². The summed E-state index contributed by atoms with van der Waals surface area (Å²) in [5, 5.41) is 5.66. The highest BCUT2D eigenvalue weighted by atomic mass is 32.2. The lowest BCUT2D eigenvalue weighted by molar-refractivity contribution is 0.414. The van der Waals surface area contributed by atoms with Gasteiger partial charge in [-0.05, 0) is 54.7 Å². The zero-order valence-corrected chi connectivity index (χ0v) is 15.7. The van der Waals surface area contributed by atoms with Gasteiger partial charge in [-0.2, -0.15) is 0 Å². The summed E-state index contributed by atoms with van der Waals surface area (Å²) in [4.78, 5) is 0. The summed E-state index contributed by atoms with van der Waals surface area (Å²) < 4.78 is 34.2. The van der Waals surface area contributed by atoms with E-state index in [-0.39, 0.29) is 0 Å². The maximum Gasteiger partial charge on any atom is 0.215 e. The first-order chi connectivity index (χ1) is 11.8. The first-order valence-electron chi connectivity index (χ1n) is 8.12. The molecule has 5 nitrogen and oxygen atoms in total. The molecule has 136 valence electrons. The molecule has 0 aliphatic carbocycles. The predicted octanol–water partition coefficient (Wildman–Crippen LogP) is 2.93. The van der Waals surface area contributed by atoms with E-state index in [0.717, 1.165) is 22.6 Å². The number of sulfonamides is 1. The molecular weight excluding hydrogens is 338 g/mol. The summed E-state index contributed by atoms with van der Waals surface area (Å²) in [6.07, 6.45) is 1.11. The summed E-state index contributed by atoms with van der Waals surface area (Å²) >= 11 is 0. The third-order valence-corrected chi connectivity index (χ3v) is 6.40. The van der Waals surface area contributed by atoms with Crippen molar-refractivity contribution < 1.29 is 17.9 Å². The normalized spacial score (nSPS) is 12.0. The van der Waals surface area contributed by atoms with E-state index in [1.54, 1.807) is 14.2 Å². The van der Waals surface area contributed by atoms with Crippen molar-refractivity contribution in [2.75, 3.05) is 14.2 Å². The molecule has 0 aliphatic heterocycles. The monoisotopic (exact) mass is 363 g/mol. The van der Waals surface area contributed by atoms with Gasteiger partial charge in [-0.3, -0.25) is 0 Å². The predicted molar refractivity (Wildman–Crippen MR) is 99.5 cm³/mol. The fourth-order valence-electron chi connectivity index (χ4n) is 2.95. The number of ether oxygens (including phenoxy) is 2. The molecule has 0 amide bonds. The highest BCUT2D eigenvalue weighted by Gasteiger charge is 2.40. The molecule has 25 heavy (non-hydrogen) atoms. The first kappa shape index (κ1) is 19.3. The SMILES string of the molecule is CCC(Cc1ccc(OC)cc1)(Cc1ccc(OC)cc1)S(N)(=O)=O. The molecule has 0 unspecified atom stereocenters. The Morgan fingerprint density at radius 3 is 1.44 bits per heavy atom. The lowest BCUT2D eigenvalue weighted by Gasteiger charge is -2.31. The van der Waals surface area contributed by atoms with E-state index in [0.29, 0.717) is 19.3 Å². The fourth-order valence-corrected chi connectivity index (χ4v) is 4.08. The van der Waals surface area contributed by atoms with Gasteiger partial charge >= 0.3 is 0 Å². The maximum atomic E-state index is 12.5. The van der Waals surface area contributed by atoms with Crippen LogP contribution in [0.4, 0.5) is 0 Å². The van der Waals surface area contributed by atoms with E-state index < -0.39 is 14.8 Å². The second kappa shape index (κ2) is 7.89. The van der Waals surface area contributed by atoms with Crippen LogP contribution >= 0.6 is 0 Å². The third-order valence-electron chi connectivity index (χ3n) is 4.62. The van der Waals surface area contributed by atoms with E-state index in [2.05, 4.69) is 0 Å². The molecule has 0 heterocycles. The molecule has 0 aliphatic rings. The zero-order valence-electron chi connectivity index (χ0n) is 14.9. The van der Waals surface area contributed by atoms with E-state index in [1.165, 1.54) is 0 Å². The standard InChI is InChI=1S/C19H25NO4S/c1-4-19(25(20,21)22,13-15-5-9-17(23-2)10-6-15)14-16-7-11-18(24-3)12-8-16/h5-12H,4,13-14H2,1-3H3,(H2,20,21,22). The van der Waals surface area contributed by atoms with Crippen molar-refractivity contribution in [3.05, 3.63) is 59.7 Å². The minimum Gasteiger partial charge on any atom is -0.497 e. The van der Waals surface area contributed by atoms with Gasteiger partial charge < -0.3 is 9.47 Å². The maximum absolute atomic E-state index is 12.5. The van der Waals surface area contributed by atoms with Gasteiger partial charge in [0.2, 0.25) is 10.0 Å². The van der Waals surface area contributed by atoms with Crippen molar-refractivity contribution in [3.8, 4) is 11.5 Å². The summed E-state index contributed by atoms with van der Waals surface area (Å²) in [5.74, 6) is 1.47. The largest absolute Gasteiger partial charge is 0.497 e. The molecular formula is C19H25NO4S. The Morgan fingerprint density at radius 1 is 0.840 bits per heavy atom. The van der Waals surface area contributed by atoms with Crippen LogP contribution in [0.25, 0.3) is 0 Å². The topological polar surface area (TPSA) is 78.6 Å². The third kappa shape index (κ3) is 4.52. The molecule has 2 aromatic carbocycles. The Morgan fingerprint density at radius 2 is 1.20 bits per heavy atom. The smallest absolute Gasteiger partial charge is 0.215 e. The Labute approximate surface area is 149 Å². The second-order valence-electron chi connectivity index (χ2n) is 6.13. The number of methoxy groups -OCH3 is 2. The summed E-state index contributed by atoms with van der Waals surface area (Å²) in [7, 11) is -0.574. The van der Waals surface area contributed by atoms with Gasteiger partial charge in [0, 0.05) is 0 Å². The Bertz CT molecular complexity index is 734. The van der Waals surface area contributed by atoms with Crippen molar-refractivity contribution in [3.63, 3.8) is 0 Å². The van der Waals surface area contributed by atoms with Crippen LogP contribution in [0.5, 0.6) is 11.5 Å². The Hall–Kier alpha value is -2.05. The number of benzene rings is 2. The van der Waals surface area contributed by atoms with Gasteiger partial charge in [0.15, 0.2) is 0 Å². The highest BCUT2D eigenvalue weighted by molar-refractivity contribution is 7.90. The minimum absolute atomic E-state index is 0.346. The van der Waals surface area contributed by atoms with Gasteiger partial charge in [-0.1, -0.05) is 31.2 Å². The first-order valence-corrected chi connectivity index (χ1v) is 9.66. The lowest BCUT2D eigenvalue weighted by Crippen LogP contribution is -2.46. The lowest BCUT2D eigenvalue weighted by atomic mass is 9.89. The van der Waals surface area contributed by atoms with Crippen LogP contribution in [0.2, 0.25) is 0 Å². The molecule has 0 saturated carbocycles. The average molecular weight is 363 g/mol. The van der Waals surface area contributed by atoms with Crippen LogP contribution < -0.4 is 14.6 Å². The Balaban J connectivity index is 2.35. The van der Waals surface area contributed by atoms with Crippen molar-refractivity contribution in [2.45, 2.75) is 30.9 Å². The molecule has 0 bridgehead atoms. The van der Waals surface area contributed by atoms with E-state index in [1.807, 2.05) is 55.5 Å². The van der Waals surface area contributed by atoms with Gasteiger partial charge in [-0.15, -0.1) is 0 Å². The average Bonchev–Trinajstić information content (AvgIpc) is 2.61. The van der Waals surface area contributed by atoms with Crippen molar-refractivity contribution in [1.29, 1.82) is 0 Å². The quantitative estimate of drug-likeness (QED) is 0.782. The molecule has 0 atom stereocenters. The number of rotatable bonds is 8. The Kier molecular flexibility index (Phi) is 6.08. The van der Waals surface area contributed by atoms with Gasteiger partial charge in [0.05, 0.1) is 19.0 Å². The van der Waals surface area contributed by atoms with Crippen LogP contribution in [-0.2, 0) is 22.9 Å². The summed E-state index contributed by atoms with van der Waals surface area (Å²) in [6.45, 7) is 1.86. The molecule has 0 saturated heterocycles. The van der Waals surface area contributed by atoms with Crippen molar-refractivity contribution >= 4 is 10.0 Å². The zero-order chi connectivity index (χ0) is 18.5. The van der Waals surface area contributed by atoms with Crippen LogP contribution in [0.3, 0.4) is 0 Å². The number of hydrogen-bond donors (Lipinski definition) is 1. The molecule has 2 rings (SSSR count). The highest BCUT2D eigenvalue weighted by Crippen LogP contribution is 2.30. The molecule has 0 aromatic heterocycles. The van der Waals surface area contributed by atoms with E-state index >= 15 is 0 Å². The molecule has 0 fully saturated rings. The minimum atomic E-state index is -3.77. The summed E-state index contributed by atoms with van der Waals surface area (Å²) in [5.41, 5.74) is 1.82. The van der Waals surface area contributed by atoms with Crippen LogP contribution in [0, 0.1) is 0 Å². The van der Waals surface area contributed by atoms with Crippen LogP contribution in [0.15, 0.2) is 48.5 Å². The fraction of sp³-hybridized carbons (Fsp3) is 0.368. The van der Waals surface area contributed by atoms with Crippen molar-refractivity contribution in [1.82, 2.24) is 0 Å². The molecule has 2 N–H and O–H groups in total. The second-order valence-corrected chi connectivity index (χ2v) is 8.09. The molecule has 0 spiro atoms. The van der Waals surface area contributed by atoms with Crippen LogP contribution in [-0.4, -0.2) is 27.4 Å². The van der Waals surface area contributed by atoms with Gasteiger partial charge in [0.1, 0.15) is 11.5 Å². The van der Waals surface area contributed by atoms with E-state index in [4.69, 9.17) is 14.6 Å². The number of nitrogens with two attached hydrogens (primary N) is 1. The van der Waals surface area contributed by atoms with E-state index in [9.17, 15) is 8.42 Å². The molecule has 6 heteroatoms. The summed E-state index contributed by atoms with van der Waals surface area (Å²) in [6, 6.07) is 14.8. The number of primary sulfonamides is 1. The number of hydrogen-bond acceptors (Lipinski definition) is 4.